The predicted octanol–water partition coefficient (Wildman–Crippen LogP) is 2.59. The third-order valence-corrected chi connectivity index (χ3v) is 3.84. The molecule has 0 aliphatic carbocycles. The third-order valence-electron chi connectivity index (χ3n) is 2.94. The number of nitro groups is 1. The Hall–Kier alpha value is -2.88. The van der Waals surface area contributed by atoms with Crippen molar-refractivity contribution in [3.63, 3.8) is 0 Å². The van der Waals surface area contributed by atoms with Crippen molar-refractivity contribution in [2.45, 2.75) is 6.92 Å². The largest absolute Gasteiger partial charge is 0.494 e. The Morgan fingerprint density at radius 1 is 1.35 bits per heavy atom. The van der Waals surface area contributed by atoms with Gasteiger partial charge in [0.25, 0.3) is 0 Å². The lowest BCUT2D eigenvalue weighted by molar-refractivity contribution is -0.385. The van der Waals surface area contributed by atoms with Gasteiger partial charge in [-0.2, -0.15) is 0 Å². The highest BCUT2D eigenvalue weighted by molar-refractivity contribution is 7.15. The molecule has 2 N–H and O–H groups in total. The van der Waals surface area contributed by atoms with Crippen molar-refractivity contribution in [1.29, 1.82) is 0 Å². The summed E-state index contributed by atoms with van der Waals surface area (Å²) in [5, 5.41) is 11.5. The number of ether oxygens (including phenoxy) is 2. The number of rotatable bonds is 5. The molecule has 0 fully saturated rings. The van der Waals surface area contributed by atoms with Gasteiger partial charge < -0.3 is 15.2 Å². The summed E-state index contributed by atoms with van der Waals surface area (Å²) in [6, 6.07) is 1.65. The van der Waals surface area contributed by atoms with Gasteiger partial charge in [0.1, 0.15) is 11.4 Å². The van der Waals surface area contributed by atoms with Crippen molar-refractivity contribution < 1.29 is 19.2 Å². The highest BCUT2D eigenvalue weighted by Gasteiger charge is 2.27. The van der Waals surface area contributed by atoms with Crippen LogP contribution in [-0.4, -0.2) is 30.2 Å². The van der Waals surface area contributed by atoms with Crippen molar-refractivity contribution in [2.24, 2.45) is 5.73 Å². The first kappa shape index (κ1) is 16.5. The molecule has 122 valence electrons. The van der Waals surface area contributed by atoms with Crippen molar-refractivity contribution in [1.82, 2.24) is 4.98 Å². The molecule has 0 spiro atoms. The lowest BCUT2D eigenvalue weighted by Gasteiger charge is -2.20. The quantitative estimate of drug-likeness (QED) is 0.660. The monoisotopic (exact) mass is 338 g/mol. The standard InChI is InChI=1S/C13H14N4O5S/c1-7-6-15-13(23-7)16(12(14)18)8-4-9(17(19)20)11(22-3)5-10(8)21-2/h4-6H,1-3H3,(H2,14,18). The average Bonchev–Trinajstić information content (AvgIpc) is 2.92. The van der Waals surface area contributed by atoms with Gasteiger partial charge in [-0.05, 0) is 6.92 Å². The zero-order valence-corrected chi connectivity index (χ0v) is 13.4. The number of carbonyl (C=O) groups excluding carboxylic acids is 1. The van der Waals surface area contributed by atoms with Gasteiger partial charge in [-0.1, -0.05) is 0 Å². The van der Waals surface area contributed by atoms with Crippen LogP contribution in [-0.2, 0) is 0 Å². The number of urea groups is 1. The molecule has 0 saturated heterocycles. The molecule has 0 aliphatic rings. The molecular weight excluding hydrogens is 324 g/mol. The van der Waals surface area contributed by atoms with Crippen LogP contribution in [0.2, 0.25) is 0 Å². The topological polar surface area (TPSA) is 121 Å². The van der Waals surface area contributed by atoms with Crippen LogP contribution in [0.15, 0.2) is 18.3 Å². The SMILES string of the molecule is COc1cc(OC)c([N+](=O)[O-])cc1N(C(N)=O)c1ncc(C)s1. The molecule has 0 aliphatic heterocycles. The van der Waals surface area contributed by atoms with Gasteiger partial charge in [-0.15, -0.1) is 11.3 Å². The number of aromatic nitrogens is 1. The number of thiazole rings is 1. The van der Waals surface area contributed by atoms with E-state index in [0.717, 1.165) is 9.78 Å². The molecule has 0 unspecified atom stereocenters. The van der Waals surface area contributed by atoms with Crippen molar-refractivity contribution in [3.8, 4) is 11.5 Å². The molecule has 1 aromatic carbocycles. The van der Waals surface area contributed by atoms with Crippen molar-refractivity contribution in [2.75, 3.05) is 19.1 Å². The fourth-order valence-corrected chi connectivity index (χ4v) is 2.72. The molecule has 0 saturated carbocycles. The van der Waals surface area contributed by atoms with E-state index < -0.39 is 11.0 Å². The zero-order valence-electron chi connectivity index (χ0n) is 12.6. The molecule has 2 rings (SSSR count). The Labute approximate surface area is 135 Å². The van der Waals surface area contributed by atoms with Gasteiger partial charge in [0, 0.05) is 23.2 Å². The first-order valence-corrected chi connectivity index (χ1v) is 7.13. The number of hydrogen-bond donors (Lipinski definition) is 1. The number of benzene rings is 1. The third kappa shape index (κ3) is 3.16. The van der Waals surface area contributed by atoms with Crippen LogP contribution in [0.25, 0.3) is 0 Å². The van der Waals surface area contributed by atoms with Crippen LogP contribution >= 0.6 is 11.3 Å². The van der Waals surface area contributed by atoms with E-state index in [1.54, 1.807) is 6.20 Å². The maximum Gasteiger partial charge on any atom is 0.325 e. The molecule has 1 heterocycles. The summed E-state index contributed by atoms with van der Waals surface area (Å²) in [4.78, 5) is 28.5. The highest BCUT2D eigenvalue weighted by atomic mass is 32.1. The van der Waals surface area contributed by atoms with E-state index in [1.165, 1.54) is 37.7 Å². The fourth-order valence-electron chi connectivity index (χ4n) is 1.95. The van der Waals surface area contributed by atoms with E-state index in [9.17, 15) is 14.9 Å². The summed E-state index contributed by atoms with van der Waals surface area (Å²) in [6.07, 6.45) is 1.57. The van der Waals surface area contributed by atoms with E-state index in [1.807, 2.05) is 6.92 Å². The number of nitrogens with two attached hydrogens (primary N) is 1. The first-order chi connectivity index (χ1) is 10.9. The lowest BCUT2D eigenvalue weighted by atomic mass is 10.2. The molecule has 0 bridgehead atoms. The Kier molecular flexibility index (Phi) is 4.65. The van der Waals surface area contributed by atoms with Gasteiger partial charge in [0.05, 0.1) is 19.1 Å². The van der Waals surface area contributed by atoms with Gasteiger partial charge in [-0.25, -0.2) is 14.7 Å². The number of nitrogens with zero attached hydrogens (tertiary/aromatic N) is 3. The van der Waals surface area contributed by atoms with Crippen LogP contribution in [0.5, 0.6) is 11.5 Å². The molecule has 23 heavy (non-hydrogen) atoms. The van der Waals surface area contributed by atoms with Crippen molar-refractivity contribution >= 4 is 33.9 Å². The maximum atomic E-state index is 11.9. The summed E-state index contributed by atoms with van der Waals surface area (Å²) < 4.78 is 10.2. The van der Waals surface area contributed by atoms with E-state index in [2.05, 4.69) is 4.98 Å². The van der Waals surface area contributed by atoms with Gasteiger partial charge >= 0.3 is 11.7 Å². The van der Waals surface area contributed by atoms with Crippen LogP contribution in [0.1, 0.15) is 4.88 Å². The molecule has 2 aromatic rings. The normalized spacial score (nSPS) is 10.2. The Morgan fingerprint density at radius 2 is 2.00 bits per heavy atom. The minimum Gasteiger partial charge on any atom is -0.494 e. The smallest absolute Gasteiger partial charge is 0.325 e. The van der Waals surface area contributed by atoms with Gasteiger partial charge in [0.15, 0.2) is 5.13 Å². The number of carbonyl (C=O) groups is 1. The summed E-state index contributed by atoms with van der Waals surface area (Å²) in [6.45, 7) is 1.81. The molecular formula is C13H14N4O5S. The van der Waals surface area contributed by atoms with E-state index in [4.69, 9.17) is 15.2 Å². The van der Waals surface area contributed by atoms with Gasteiger partial charge in [0.2, 0.25) is 5.75 Å². The van der Waals surface area contributed by atoms with Crippen LogP contribution < -0.4 is 20.1 Å². The zero-order chi connectivity index (χ0) is 17.1. The summed E-state index contributed by atoms with van der Waals surface area (Å²) in [5.41, 5.74) is 5.22. The number of hydrogen-bond acceptors (Lipinski definition) is 7. The summed E-state index contributed by atoms with van der Waals surface area (Å²) >= 11 is 1.22. The molecule has 1 aromatic heterocycles. The van der Waals surface area contributed by atoms with Crippen LogP contribution in [0.4, 0.5) is 21.3 Å². The Morgan fingerprint density at radius 3 is 2.43 bits per heavy atom. The first-order valence-electron chi connectivity index (χ1n) is 6.31. The Balaban J connectivity index is 2.69. The summed E-state index contributed by atoms with van der Waals surface area (Å²) in [7, 11) is 2.67. The Bertz CT molecular complexity index is 761. The van der Waals surface area contributed by atoms with Crippen molar-refractivity contribution in [3.05, 3.63) is 33.3 Å². The number of methoxy groups -OCH3 is 2. The number of nitro benzene ring substituents is 1. The molecule has 0 atom stereocenters. The van der Waals surface area contributed by atoms with Crippen LogP contribution in [0, 0.1) is 17.0 Å². The minimum atomic E-state index is -0.836. The number of aryl methyl sites for hydroxylation is 1. The molecule has 10 heteroatoms. The van der Waals surface area contributed by atoms with Crippen LogP contribution in [0.3, 0.4) is 0 Å². The summed E-state index contributed by atoms with van der Waals surface area (Å²) in [5.74, 6) is 0.203. The second-order valence-electron chi connectivity index (χ2n) is 4.38. The van der Waals surface area contributed by atoms with E-state index in [0.29, 0.717) is 0 Å². The second-order valence-corrected chi connectivity index (χ2v) is 5.59. The number of anilines is 2. The van der Waals surface area contributed by atoms with E-state index in [-0.39, 0.29) is 28.0 Å². The van der Waals surface area contributed by atoms with Gasteiger partial charge in [-0.3, -0.25) is 10.1 Å². The van der Waals surface area contributed by atoms with E-state index >= 15 is 0 Å². The molecule has 9 nitrogen and oxygen atoms in total. The number of primary amides is 1. The minimum absolute atomic E-state index is 0.00957. The molecule has 2 amide bonds. The molecule has 0 radical (unpaired) electrons. The maximum absolute atomic E-state index is 11.9. The average molecular weight is 338 g/mol. The second kappa shape index (κ2) is 6.48. The fraction of sp³-hybridized carbons (Fsp3) is 0.231. The lowest BCUT2D eigenvalue weighted by Crippen LogP contribution is -2.31. The predicted molar refractivity (Wildman–Crippen MR) is 84.8 cm³/mol. The number of amides is 2. The highest BCUT2D eigenvalue weighted by Crippen LogP contribution is 2.42.